The molecule has 7 atom stereocenters. The molecule has 0 aromatic rings. The first kappa shape index (κ1) is 28.3. The van der Waals surface area contributed by atoms with E-state index < -0.39 is 68.2 Å². The third-order valence-corrected chi connectivity index (χ3v) is 10.7. The van der Waals surface area contributed by atoms with Gasteiger partial charge in [-0.25, -0.2) is 13.2 Å². The Morgan fingerprint density at radius 3 is 2.50 bits per heavy atom. The van der Waals surface area contributed by atoms with Crippen molar-refractivity contribution in [1.29, 1.82) is 0 Å². The Morgan fingerprint density at radius 1 is 1.18 bits per heavy atom. The zero-order chi connectivity index (χ0) is 28.0. The fourth-order valence-electron chi connectivity index (χ4n) is 5.66. The van der Waals surface area contributed by atoms with Gasteiger partial charge in [-0.3, -0.25) is 19.1 Å². The van der Waals surface area contributed by atoms with E-state index in [1.54, 1.807) is 13.8 Å². The van der Waals surface area contributed by atoms with Crippen LogP contribution in [-0.2, 0) is 24.4 Å². The average Bonchev–Trinajstić information content (AvgIpc) is 3.70. The van der Waals surface area contributed by atoms with Crippen LogP contribution in [0, 0.1) is 17.8 Å². The van der Waals surface area contributed by atoms with Gasteiger partial charge in [-0.2, -0.15) is 0 Å². The van der Waals surface area contributed by atoms with Crippen LogP contribution >= 0.6 is 0 Å². The van der Waals surface area contributed by atoms with E-state index >= 15 is 0 Å². The molecule has 0 bridgehead atoms. The monoisotopic (exact) mass is 554 g/mol. The first-order valence-electron chi connectivity index (χ1n) is 13.2. The van der Waals surface area contributed by atoms with Crippen LogP contribution in [0.15, 0.2) is 12.2 Å². The summed E-state index contributed by atoms with van der Waals surface area (Å²) >= 11 is 0. The first-order valence-corrected chi connectivity index (χ1v) is 14.7. The molecule has 0 spiro atoms. The number of carbonyl (C=O) groups excluding carboxylic acids is 3. The zero-order valence-electron chi connectivity index (χ0n) is 22.0. The van der Waals surface area contributed by atoms with Gasteiger partial charge in [-0.05, 0) is 57.3 Å². The van der Waals surface area contributed by atoms with Gasteiger partial charge in [-0.15, -0.1) is 0 Å². The number of carbonyl (C=O) groups is 4. The molecule has 38 heavy (non-hydrogen) atoms. The van der Waals surface area contributed by atoms with Crippen LogP contribution in [0.5, 0.6) is 0 Å². The van der Waals surface area contributed by atoms with Gasteiger partial charge in [0.25, 0.3) is 5.91 Å². The summed E-state index contributed by atoms with van der Waals surface area (Å²) < 4.78 is 26.7. The highest BCUT2D eigenvalue weighted by molar-refractivity contribution is 7.91. The summed E-state index contributed by atoms with van der Waals surface area (Å²) in [4.78, 5) is 53.1. The van der Waals surface area contributed by atoms with Crippen molar-refractivity contribution in [1.82, 2.24) is 20.3 Å². The number of hydrogen-bond donors (Lipinski definition) is 5. The molecule has 4 aliphatic rings. The molecule has 2 saturated carbocycles. The molecular weight excluding hydrogens is 516 g/mol. The van der Waals surface area contributed by atoms with Crippen LogP contribution in [-0.4, -0.2) is 82.4 Å². The molecular formula is C25H38N4O8S. The molecule has 3 fully saturated rings. The molecule has 1 unspecified atom stereocenters. The molecule has 0 radical (unpaired) electrons. The van der Waals surface area contributed by atoms with E-state index in [1.807, 2.05) is 19.1 Å². The van der Waals surface area contributed by atoms with E-state index in [-0.39, 0.29) is 31.2 Å². The third kappa shape index (κ3) is 5.54. The number of allylic oxidation sites excluding steroid dienone is 1. The lowest BCUT2D eigenvalue weighted by atomic mass is 9.88. The predicted molar refractivity (Wildman–Crippen MR) is 136 cm³/mol. The van der Waals surface area contributed by atoms with Crippen molar-refractivity contribution in [3.05, 3.63) is 12.2 Å². The molecule has 212 valence electrons. The number of fused-ring (bicyclic) bond motifs is 2. The van der Waals surface area contributed by atoms with Crippen LogP contribution < -0.4 is 15.4 Å². The maximum atomic E-state index is 13.6. The Morgan fingerprint density at radius 2 is 1.87 bits per heavy atom. The maximum absolute atomic E-state index is 13.6. The van der Waals surface area contributed by atoms with Crippen molar-refractivity contribution in [3.8, 4) is 0 Å². The summed E-state index contributed by atoms with van der Waals surface area (Å²) in [5, 5.41) is 24.8. The van der Waals surface area contributed by atoms with Crippen molar-refractivity contribution in [2.75, 3.05) is 6.54 Å². The summed E-state index contributed by atoms with van der Waals surface area (Å²) in [7, 11) is -3.94. The normalized spacial score (nSPS) is 37.9. The molecule has 2 aliphatic heterocycles. The Hall–Kier alpha value is -2.67. The minimum atomic E-state index is -3.94. The quantitative estimate of drug-likeness (QED) is 0.311. The zero-order valence-corrected chi connectivity index (χ0v) is 22.8. The molecule has 4 amide bonds. The van der Waals surface area contributed by atoms with Crippen molar-refractivity contribution in [2.45, 2.75) is 94.2 Å². The van der Waals surface area contributed by atoms with Crippen LogP contribution in [0.25, 0.3) is 0 Å². The van der Waals surface area contributed by atoms with Gasteiger partial charge in [0.1, 0.15) is 17.6 Å². The second-order valence-electron chi connectivity index (χ2n) is 11.8. The molecule has 13 heteroatoms. The molecule has 2 aliphatic carbocycles. The lowest BCUT2D eigenvalue weighted by Crippen LogP contribution is -2.59. The average molecular weight is 555 g/mol. The Balaban J connectivity index is 1.64. The number of nitrogens with zero attached hydrogens (tertiary/aromatic N) is 1. The van der Waals surface area contributed by atoms with Gasteiger partial charge >= 0.3 is 6.09 Å². The highest BCUT2D eigenvalue weighted by atomic mass is 32.2. The van der Waals surface area contributed by atoms with Crippen LogP contribution in [0.3, 0.4) is 0 Å². The lowest BCUT2D eigenvalue weighted by molar-refractivity contribution is -0.142. The third-order valence-electron chi connectivity index (χ3n) is 8.54. The fourth-order valence-corrected chi connectivity index (χ4v) is 6.97. The van der Waals surface area contributed by atoms with E-state index in [1.165, 1.54) is 4.90 Å². The number of sulfonamides is 1. The molecule has 5 N–H and O–H groups in total. The standard InChI is InChI=1S/C25H38N4O8S/c1-14-6-4-5-7-16-12-25(16,22(33)28-38(36,37)24(3)8-9-24)27-20(31)18-11-17(30)13-29(18)21(32)19(15(2)10-14)26-23(34)35/h5,7,14-19,26,30H,4,6,8-13H2,1-3H3,(H,27,31)(H,28,33)(H,34,35)/b7-5-/t14?,15-,16-,17-,18+,19+,25-/m1/s1. The number of hydrogen-bond acceptors (Lipinski definition) is 7. The largest absolute Gasteiger partial charge is 0.465 e. The van der Waals surface area contributed by atoms with E-state index in [0.717, 1.165) is 6.42 Å². The summed E-state index contributed by atoms with van der Waals surface area (Å²) in [5.41, 5.74) is -1.49. The smallest absolute Gasteiger partial charge is 0.405 e. The molecule has 12 nitrogen and oxygen atoms in total. The van der Waals surface area contributed by atoms with Crippen molar-refractivity contribution in [2.24, 2.45) is 17.8 Å². The highest BCUT2D eigenvalue weighted by Crippen LogP contribution is 2.47. The molecule has 0 aromatic carbocycles. The summed E-state index contributed by atoms with van der Waals surface area (Å²) in [5.74, 6) is -2.77. The summed E-state index contributed by atoms with van der Waals surface area (Å²) in [6, 6.07) is -2.26. The Bertz CT molecular complexity index is 1140. The second-order valence-corrected chi connectivity index (χ2v) is 14.0. The minimum absolute atomic E-state index is 0.0866. The van der Waals surface area contributed by atoms with Crippen molar-refractivity contribution < 1.29 is 37.8 Å². The van der Waals surface area contributed by atoms with Gasteiger partial charge < -0.3 is 25.7 Å². The van der Waals surface area contributed by atoms with Gasteiger partial charge in [0.05, 0.1) is 10.9 Å². The molecule has 1 saturated heterocycles. The molecule has 4 rings (SSSR count). The van der Waals surface area contributed by atoms with Crippen LogP contribution in [0.2, 0.25) is 0 Å². The lowest BCUT2D eigenvalue weighted by Gasteiger charge is -2.32. The van der Waals surface area contributed by atoms with E-state index in [4.69, 9.17) is 0 Å². The molecule has 2 heterocycles. The number of rotatable bonds is 4. The number of carboxylic acid groups (broad SMARTS) is 1. The SMILES string of the molecule is CC1CC/C=C\[C@@H]2C[C@@]2(C(=O)NS(=O)(=O)C2(C)CC2)NC(=O)[C@@H]2C[C@@H](O)CN2C(=O)[C@@H](NC(=O)O)[C@H](C)C1. The van der Waals surface area contributed by atoms with Crippen molar-refractivity contribution in [3.63, 3.8) is 0 Å². The topological polar surface area (TPSA) is 182 Å². The van der Waals surface area contributed by atoms with Crippen molar-refractivity contribution >= 4 is 33.8 Å². The fraction of sp³-hybridized carbons (Fsp3) is 0.760. The number of nitrogens with one attached hydrogen (secondary N) is 3. The van der Waals surface area contributed by atoms with Gasteiger partial charge in [0.15, 0.2) is 0 Å². The second kappa shape index (κ2) is 10.1. The number of aliphatic hydroxyl groups excluding tert-OH is 1. The minimum Gasteiger partial charge on any atom is -0.465 e. The van der Waals surface area contributed by atoms with E-state index in [0.29, 0.717) is 25.7 Å². The highest BCUT2D eigenvalue weighted by Gasteiger charge is 2.63. The number of aliphatic hydroxyl groups is 1. The Kier molecular flexibility index (Phi) is 7.56. The van der Waals surface area contributed by atoms with E-state index in [9.17, 15) is 37.8 Å². The maximum Gasteiger partial charge on any atom is 0.405 e. The van der Waals surface area contributed by atoms with Gasteiger partial charge in [0.2, 0.25) is 21.8 Å². The first-order chi connectivity index (χ1) is 17.7. The Labute approximate surface area is 222 Å². The summed E-state index contributed by atoms with van der Waals surface area (Å²) in [6.45, 7) is 5.19. The van der Waals surface area contributed by atoms with Gasteiger partial charge in [-0.1, -0.05) is 26.0 Å². The van der Waals surface area contributed by atoms with Gasteiger partial charge in [0, 0.05) is 18.9 Å². The predicted octanol–water partition coefficient (Wildman–Crippen LogP) is 0.470. The van der Waals surface area contributed by atoms with E-state index in [2.05, 4.69) is 15.4 Å². The summed E-state index contributed by atoms with van der Waals surface area (Å²) in [6.07, 6.45) is 4.33. The van der Waals surface area contributed by atoms with Crippen LogP contribution in [0.4, 0.5) is 4.79 Å². The number of amides is 4. The molecule has 0 aromatic heterocycles. The van der Waals surface area contributed by atoms with Crippen LogP contribution in [0.1, 0.15) is 65.7 Å².